The Bertz CT molecular complexity index is 442. The number of carbonyl (C=O) groups is 1. The monoisotopic (exact) mass is 263 g/mol. The molecule has 6 N–H and O–H groups in total. The molecule has 0 bridgehead atoms. The van der Waals surface area contributed by atoms with Crippen molar-refractivity contribution in [3.63, 3.8) is 0 Å². The van der Waals surface area contributed by atoms with Crippen molar-refractivity contribution in [1.82, 2.24) is 0 Å². The summed E-state index contributed by atoms with van der Waals surface area (Å²) >= 11 is 0. The van der Waals surface area contributed by atoms with E-state index >= 15 is 0 Å². The first-order valence-corrected chi connectivity index (χ1v) is 6.63. The lowest BCUT2D eigenvalue weighted by molar-refractivity contribution is -0.151. The minimum absolute atomic E-state index is 0.0767. The summed E-state index contributed by atoms with van der Waals surface area (Å²) in [6.07, 6.45) is 3.85. The van der Waals surface area contributed by atoms with E-state index in [-0.39, 0.29) is 24.5 Å². The molecule has 0 spiro atoms. The molecular formula is C14H21N3O2. The van der Waals surface area contributed by atoms with Gasteiger partial charge >= 0.3 is 5.97 Å². The Morgan fingerprint density at radius 2 is 1.79 bits per heavy atom. The van der Waals surface area contributed by atoms with E-state index in [1.807, 2.05) is 0 Å². The van der Waals surface area contributed by atoms with Crippen molar-refractivity contribution in [1.29, 1.82) is 0 Å². The Labute approximate surface area is 113 Å². The molecule has 0 aromatic heterocycles. The van der Waals surface area contributed by atoms with Crippen LogP contribution in [0.4, 0.5) is 11.4 Å². The highest BCUT2D eigenvalue weighted by molar-refractivity contribution is 5.73. The van der Waals surface area contributed by atoms with Crippen LogP contribution in [-0.2, 0) is 16.1 Å². The highest BCUT2D eigenvalue weighted by atomic mass is 16.5. The number of benzene rings is 1. The second-order valence-electron chi connectivity index (χ2n) is 5.17. The van der Waals surface area contributed by atoms with Gasteiger partial charge in [-0.15, -0.1) is 0 Å². The van der Waals surface area contributed by atoms with Crippen molar-refractivity contribution in [3.8, 4) is 0 Å². The second kappa shape index (κ2) is 5.93. The zero-order chi connectivity index (χ0) is 13.8. The highest BCUT2D eigenvalue weighted by Crippen LogP contribution is 2.24. The number of carbonyl (C=O) groups excluding carboxylic acids is 1. The van der Waals surface area contributed by atoms with Crippen LogP contribution in [0.15, 0.2) is 18.2 Å². The Hall–Kier alpha value is -1.75. The Morgan fingerprint density at radius 3 is 2.42 bits per heavy atom. The Balaban J connectivity index is 1.92. The molecular weight excluding hydrogens is 242 g/mol. The zero-order valence-corrected chi connectivity index (χ0v) is 11.0. The maximum atomic E-state index is 12.0. The minimum atomic E-state index is -0.215. The minimum Gasteiger partial charge on any atom is -0.461 e. The molecule has 1 aliphatic carbocycles. The molecule has 2 rings (SSSR count). The molecule has 5 heteroatoms. The van der Waals surface area contributed by atoms with Gasteiger partial charge in [0.2, 0.25) is 0 Å². The summed E-state index contributed by atoms with van der Waals surface area (Å²) in [5.74, 6) is -0.389. The lowest BCUT2D eigenvalue weighted by Gasteiger charge is -2.26. The lowest BCUT2D eigenvalue weighted by Crippen LogP contribution is -2.38. The molecule has 0 heterocycles. The van der Waals surface area contributed by atoms with E-state index in [1.165, 1.54) is 0 Å². The van der Waals surface area contributed by atoms with Crippen molar-refractivity contribution in [2.24, 2.45) is 11.7 Å². The third-order valence-corrected chi connectivity index (χ3v) is 3.54. The second-order valence-corrected chi connectivity index (χ2v) is 5.17. The van der Waals surface area contributed by atoms with Crippen LogP contribution >= 0.6 is 0 Å². The summed E-state index contributed by atoms with van der Waals surface area (Å²) in [4.78, 5) is 12.0. The molecule has 19 heavy (non-hydrogen) atoms. The number of rotatable bonds is 3. The molecule has 0 amide bonds. The van der Waals surface area contributed by atoms with Gasteiger partial charge in [0.1, 0.15) is 6.61 Å². The normalized spacial score (nSPS) is 23.0. The van der Waals surface area contributed by atoms with E-state index in [2.05, 4.69) is 0 Å². The van der Waals surface area contributed by atoms with E-state index < -0.39 is 0 Å². The Kier molecular flexibility index (Phi) is 4.27. The number of esters is 1. The number of anilines is 2. The molecule has 1 aromatic rings. The van der Waals surface area contributed by atoms with Crippen molar-refractivity contribution in [3.05, 3.63) is 23.8 Å². The van der Waals surface area contributed by atoms with Gasteiger partial charge in [-0.2, -0.15) is 0 Å². The van der Waals surface area contributed by atoms with Crippen LogP contribution in [0.5, 0.6) is 0 Å². The van der Waals surface area contributed by atoms with Gasteiger partial charge in [-0.05, 0) is 36.6 Å². The third-order valence-electron chi connectivity index (χ3n) is 3.54. The highest BCUT2D eigenvalue weighted by Gasteiger charge is 2.29. The SMILES string of the molecule is Nc1cc(N)cc(COC(=O)[C@@H]2CCCC[C@H]2N)c1. The molecule has 2 atom stereocenters. The summed E-state index contributed by atoms with van der Waals surface area (Å²) in [5, 5.41) is 0. The fraction of sp³-hybridized carbons (Fsp3) is 0.500. The van der Waals surface area contributed by atoms with Gasteiger partial charge in [0.05, 0.1) is 5.92 Å². The van der Waals surface area contributed by atoms with Gasteiger partial charge < -0.3 is 21.9 Å². The van der Waals surface area contributed by atoms with Gasteiger partial charge in [-0.25, -0.2) is 0 Å². The van der Waals surface area contributed by atoms with Gasteiger partial charge in [-0.3, -0.25) is 4.79 Å². The third kappa shape index (κ3) is 3.61. The van der Waals surface area contributed by atoms with Gasteiger partial charge in [0.25, 0.3) is 0 Å². The average Bonchev–Trinajstić information content (AvgIpc) is 2.35. The van der Waals surface area contributed by atoms with Crippen molar-refractivity contribution in [2.45, 2.75) is 38.3 Å². The molecule has 1 fully saturated rings. The standard InChI is InChI=1S/C14H21N3O2/c15-10-5-9(6-11(16)7-10)8-19-14(18)12-3-1-2-4-13(12)17/h5-7,12-13H,1-4,8,15-17H2/t12-,13-/m1/s1. The van der Waals surface area contributed by atoms with Gasteiger partial charge in [0.15, 0.2) is 0 Å². The summed E-state index contributed by atoms with van der Waals surface area (Å²) in [6, 6.07) is 5.10. The maximum Gasteiger partial charge on any atom is 0.310 e. The zero-order valence-electron chi connectivity index (χ0n) is 11.0. The largest absolute Gasteiger partial charge is 0.461 e. The van der Waals surface area contributed by atoms with E-state index in [1.54, 1.807) is 18.2 Å². The van der Waals surface area contributed by atoms with Gasteiger partial charge in [0, 0.05) is 17.4 Å². The van der Waals surface area contributed by atoms with Crippen molar-refractivity contribution in [2.75, 3.05) is 11.5 Å². The summed E-state index contributed by atoms with van der Waals surface area (Å²) in [7, 11) is 0. The van der Waals surface area contributed by atoms with Crippen molar-refractivity contribution < 1.29 is 9.53 Å². The van der Waals surface area contributed by atoms with Crippen LogP contribution in [0.1, 0.15) is 31.2 Å². The number of nitrogen functional groups attached to an aromatic ring is 2. The first-order chi connectivity index (χ1) is 9.06. The fourth-order valence-corrected chi connectivity index (χ4v) is 2.54. The van der Waals surface area contributed by atoms with E-state index in [4.69, 9.17) is 21.9 Å². The molecule has 5 nitrogen and oxygen atoms in total. The fourth-order valence-electron chi connectivity index (χ4n) is 2.54. The molecule has 1 aromatic carbocycles. The lowest BCUT2D eigenvalue weighted by atomic mass is 9.85. The predicted octanol–water partition coefficient (Wildman–Crippen LogP) is 1.41. The van der Waals surface area contributed by atoms with E-state index in [0.29, 0.717) is 11.4 Å². The van der Waals surface area contributed by atoms with Crippen molar-refractivity contribution >= 4 is 17.3 Å². The molecule has 1 saturated carbocycles. The number of nitrogens with two attached hydrogens (primary N) is 3. The van der Waals surface area contributed by atoms with Crippen LogP contribution in [0.2, 0.25) is 0 Å². The number of hydrogen-bond donors (Lipinski definition) is 3. The van der Waals surface area contributed by atoms with Crippen LogP contribution in [0.25, 0.3) is 0 Å². The summed E-state index contributed by atoms with van der Waals surface area (Å²) in [5.41, 5.74) is 19.3. The predicted molar refractivity (Wildman–Crippen MR) is 75.0 cm³/mol. The molecule has 0 saturated heterocycles. The Morgan fingerprint density at radius 1 is 1.16 bits per heavy atom. The quantitative estimate of drug-likeness (QED) is 0.565. The van der Waals surface area contributed by atoms with Gasteiger partial charge in [-0.1, -0.05) is 12.8 Å². The summed E-state index contributed by atoms with van der Waals surface area (Å²) < 4.78 is 5.32. The molecule has 0 radical (unpaired) electrons. The van der Waals surface area contributed by atoms with Crippen LogP contribution in [-0.4, -0.2) is 12.0 Å². The topological polar surface area (TPSA) is 104 Å². The molecule has 0 unspecified atom stereocenters. The first-order valence-electron chi connectivity index (χ1n) is 6.63. The smallest absolute Gasteiger partial charge is 0.310 e. The van der Waals surface area contributed by atoms with Crippen LogP contribution < -0.4 is 17.2 Å². The first kappa shape index (κ1) is 13.7. The number of hydrogen-bond acceptors (Lipinski definition) is 5. The molecule has 104 valence electrons. The van der Waals surface area contributed by atoms with Crippen LogP contribution in [0, 0.1) is 5.92 Å². The molecule has 0 aliphatic heterocycles. The van der Waals surface area contributed by atoms with E-state index in [0.717, 1.165) is 31.2 Å². The summed E-state index contributed by atoms with van der Waals surface area (Å²) in [6.45, 7) is 0.192. The molecule has 1 aliphatic rings. The van der Waals surface area contributed by atoms with E-state index in [9.17, 15) is 4.79 Å². The maximum absolute atomic E-state index is 12.0. The average molecular weight is 263 g/mol. The number of ether oxygens (including phenoxy) is 1. The van der Waals surface area contributed by atoms with Crippen LogP contribution in [0.3, 0.4) is 0 Å².